The number of hydrogen-bond donors (Lipinski definition) is 3. The lowest BCUT2D eigenvalue weighted by molar-refractivity contribution is 0.0704. The highest BCUT2D eigenvalue weighted by atomic mass is 16.4. The fourth-order valence-electron chi connectivity index (χ4n) is 4.54. The maximum absolute atomic E-state index is 13.5. The molecule has 158 valence electrons. The average Bonchev–Trinajstić information content (AvgIpc) is 3.11. The molecule has 0 saturated carbocycles. The summed E-state index contributed by atoms with van der Waals surface area (Å²) in [6.45, 7) is 5.00. The predicted octanol–water partition coefficient (Wildman–Crippen LogP) is 2.36. The Morgan fingerprint density at radius 2 is 1.68 bits per heavy atom. The van der Waals surface area contributed by atoms with E-state index in [1.807, 2.05) is 6.92 Å². The van der Waals surface area contributed by atoms with Crippen molar-refractivity contribution < 1.29 is 29.0 Å². The minimum Gasteiger partial charge on any atom is -0.506 e. The lowest BCUT2D eigenvalue weighted by atomic mass is 9.83. The van der Waals surface area contributed by atoms with Crippen molar-refractivity contribution in [2.75, 3.05) is 19.6 Å². The fourth-order valence-corrected chi connectivity index (χ4v) is 4.54. The van der Waals surface area contributed by atoms with E-state index in [1.54, 1.807) is 29.2 Å². The fraction of sp³-hybridized carbons (Fsp3) is 0.261. The number of piperazine rings is 1. The highest BCUT2D eigenvalue weighted by Crippen LogP contribution is 2.45. The Bertz CT molecular complexity index is 1310. The lowest BCUT2D eigenvalue weighted by Crippen LogP contribution is -2.51. The summed E-state index contributed by atoms with van der Waals surface area (Å²) in [6.07, 6.45) is 0. The van der Waals surface area contributed by atoms with Crippen LogP contribution in [0.5, 0.6) is 11.5 Å². The zero-order chi connectivity index (χ0) is 22.0. The highest BCUT2D eigenvalue weighted by molar-refractivity contribution is 6.33. The topological polar surface area (TPSA) is 120 Å². The van der Waals surface area contributed by atoms with Crippen molar-refractivity contribution in [2.45, 2.75) is 19.9 Å². The van der Waals surface area contributed by atoms with E-state index in [-0.39, 0.29) is 50.6 Å². The number of rotatable bonds is 1. The molecule has 1 unspecified atom stereocenters. The average molecular weight is 420 g/mol. The minimum absolute atomic E-state index is 0.0279. The molecule has 1 atom stereocenters. The van der Waals surface area contributed by atoms with Crippen molar-refractivity contribution >= 4 is 28.2 Å². The molecule has 2 heterocycles. The second-order valence-corrected chi connectivity index (χ2v) is 7.99. The van der Waals surface area contributed by atoms with Gasteiger partial charge in [-0.05, 0) is 13.8 Å². The van der Waals surface area contributed by atoms with E-state index in [2.05, 4.69) is 5.32 Å². The first-order chi connectivity index (χ1) is 14.8. The first-order valence-electron chi connectivity index (χ1n) is 10.0. The normalized spacial score (nSPS) is 18.3. The lowest BCUT2D eigenvalue weighted by Gasteiger charge is -2.32. The SMILES string of the molecule is Cc1oc2c(c1C(=O)N1CCNC(C)C1)C(=O)c1c(c(O)c3ccccc3c1O)C2=O. The van der Waals surface area contributed by atoms with Crippen molar-refractivity contribution in [1.82, 2.24) is 10.2 Å². The zero-order valence-electron chi connectivity index (χ0n) is 17.0. The summed E-state index contributed by atoms with van der Waals surface area (Å²) in [4.78, 5) is 41.6. The second kappa shape index (κ2) is 6.68. The highest BCUT2D eigenvalue weighted by Gasteiger charge is 2.43. The van der Waals surface area contributed by atoms with Gasteiger partial charge in [0.2, 0.25) is 11.6 Å². The van der Waals surface area contributed by atoms with Crippen LogP contribution in [0.1, 0.15) is 55.1 Å². The third-order valence-electron chi connectivity index (χ3n) is 6.00. The summed E-state index contributed by atoms with van der Waals surface area (Å²) in [6, 6.07) is 6.48. The van der Waals surface area contributed by atoms with Gasteiger partial charge in [0.1, 0.15) is 17.3 Å². The second-order valence-electron chi connectivity index (χ2n) is 7.99. The van der Waals surface area contributed by atoms with E-state index in [0.29, 0.717) is 19.6 Å². The summed E-state index contributed by atoms with van der Waals surface area (Å²) >= 11 is 0. The third kappa shape index (κ3) is 2.61. The zero-order valence-corrected chi connectivity index (χ0v) is 17.0. The molecule has 2 aliphatic rings. The molecular formula is C23H20N2O6. The van der Waals surface area contributed by atoms with E-state index >= 15 is 0 Å². The number of nitrogens with one attached hydrogen (secondary N) is 1. The van der Waals surface area contributed by atoms with Gasteiger partial charge in [0.15, 0.2) is 5.76 Å². The molecule has 8 nitrogen and oxygen atoms in total. The van der Waals surface area contributed by atoms with Crippen LogP contribution in [0.25, 0.3) is 10.8 Å². The van der Waals surface area contributed by atoms with Gasteiger partial charge in [-0.15, -0.1) is 0 Å². The number of amides is 1. The molecule has 0 spiro atoms. The van der Waals surface area contributed by atoms with Gasteiger partial charge < -0.3 is 24.8 Å². The molecule has 31 heavy (non-hydrogen) atoms. The van der Waals surface area contributed by atoms with E-state index in [0.717, 1.165) is 0 Å². The molecule has 3 N–H and O–H groups in total. The minimum atomic E-state index is -0.737. The van der Waals surface area contributed by atoms with Crippen molar-refractivity contribution in [3.63, 3.8) is 0 Å². The molecule has 1 aliphatic carbocycles. The molecule has 5 rings (SSSR count). The first-order valence-corrected chi connectivity index (χ1v) is 10.0. The third-order valence-corrected chi connectivity index (χ3v) is 6.00. The molecule has 1 amide bonds. The van der Waals surface area contributed by atoms with Gasteiger partial charge in [-0.2, -0.15) is 0 Å². The van der Waals surface area contributed by atoms with Crippen LogP contribution >= 0.6 is 0 Å². The van der Waals surface area contributed by atoms with Crippen LogP contribution in [0, 0.1) is 6.92 Å². The Hall–Kier alpha value is -3.65. The first kappa shape index (κ1) is 19.3. The number of nitrogens with zero attached hydrogens (tertiary/aromatic N) is 1. The van der Waals surface area contributed by atoms with Crippen LogP contribution in [0.4, 0.5) is 0 Å². The van der Waals surface area contributed by atoms with Crippen molar-refractivity contribution in [1.29, 1.82) is 0 Å². The number of benzene rings is 2. The number of fused-ring (bicyclic) bond motifs is 3. The van der Waals surface area contributed by atoms with Crippen LogP contribution in [-0.2, 0) is 0 Å². The van der Waals surface area contributed by atoms with Crippen molar-refractivity contribution in [2.24, 2.45) is 0 Å². The van der Waals surface area contributed by atoms with Gasteiger partial charge >= 0.3 is 0 Å². The molecular weight excluding hydrogens is 400 g/mol. The monoisotopic (exact) mass is 420 g/mol. The summed E-state index contributed by atoms with van der Waals surface area (Å²) < 4.78 is 5.60. The molecule has 0 radical (unpaired) electrons. The van der Waals surface area contributed by atoms with Crippen molar-refractivity contribution in [3.05, 3.63) is 58.0 Å². The van der Waals surface area contributed by atoms with Gasteiger partial charge in [0.05, 0.1) is 22.3 Å². The van der Waals surface area contributed by atoms with E-state index in [1.165, 1.54) is 6.92 Å². The molecule has 3 aromatic rings. The van der Waals surface area contributed by atoms with Gasteiger partial charge in [0, 0.05) is 36.4 Å². The Morgan fingerprint density at radius 3 is 2.29 bits per heavy atom. The molecule has 1 fully saturated rings. The Labute approximate surface area is 177 Å². The van der Waals surface area contributed by atoms with Gasteiger partial charge in [-0.3, -0.25) is 14.4 Å². The quantitative estimate of drug-likeness (QED) is 0.404. The maximum atomic E-state index is 13.5. The smallest absolute Gasteiger partial charge is 0.258 e. The van der Waals surface area contributed by atoms with Crippen LogP contribution < -0.4 is 5.32 Å². The van der Waals surface area contributed by atoms with Gasteiger partial charge in [-0.25, -0.2) is 0 Å². The summed E-state index contributed by atoms with van der Waals surface area (Å²) in [5, 5.41) is 25.3. The Balaban J connectivity index is 1.72. The molecule has 2 aromatic carbocycles. The molecule has 1 aliphatic heterocycles. The number of phenolic OH excluding ortho intramolecular Hbond substituents is 2. The van der Waals surface area contributed by atoms with Gasteiger partial charge in [0.25, 0.3) is 5.91 Å². The molecule has 1 aromatic heterocycles. The van der Waals surface area contributed by atoms with E-state index in [9.17, 15) is 24.6 Å². The number of ketones is 2. The van der Waals surface area contributed by atoms with Crippen LogP contribution in [0.2, 0.25) is 0 Å². The summed E-state index contributed by atoms with van der Waals surface area (Å²) in [7, 11) is 0. The van der Waals surface area contributed by atoms with Crippen LogP contribution in [0.15, 0.2) is 28.7 Å². The Morgan fingerprint density at radius 1 is 1.06 bits per heavy atom. The standard InChI is InChI=1S/C23H20N2O6/c1-10-9-25(8-7-24-10)23(30)14-11(2)31-22-17(14)20(28)15-16(21(22)29)19(27)13-6-4-3-5-12(13)18(15)26/h3-6,10,24,26-27H,7-9H2,1-2H3. The number of furan rings is 1. The number of carbonyl (C=O) groups excluding carboxylic acids is 3. The summed E-state index contributed by atoms with van der Waals surface area (Å²) in [5.41, 5.74) is -0.745. The number of carbonyl (C=O) groups is 3. The number of aromatic hydroxyl groups is 2. The molecule has 0 bridgehead atoms. The Kier molecular flexibility index (Phi) is 4.16. The number of hydrogen-bond acceptors (Lipinski definition) is 7. The molecule has 1 saturated heterocycles. The molecule has 8 heteroatoms. The number of phenols is 2. The maximum Gasteiger partial charge on any atom is 0.258 e. The van der Waals surface area contributed by atoms with E-state index in [4.69, 9.17) is 4.42 Å². The number of aryl methyl sites for hydroxylation is 1. The van der Waals surface area contributed by atoms with E-state index < -0.39 is 29.0 Å². The van der Waals surface area contributed by atoms with Crippen molar-refractivity contribution in [3.8, 4) is 11.5 Å². The predicted molar refractivity (Wildman–Crippen MR) is 111 cm³/mol. The largest absolute Gasteiger partial charge is 0.506 e. The van der Waals surface area contributed by atoms with Crippen LogP contribution in [0.3, 0.4) is 0 Å². The summed E-state index contributed by atoms with van der Waals surface area (Å²) in [5.74, 6) is -2.79. The van der Waals surface area contributed by atoms with Gasteiger partial charge in [-0.1, -0.05) is 24.3 Å². The van der Waals surface area contributed by atoms with Crippen LogP contribution in [-0.4, -0.2) is 58.3 Å².